The molecule has 1 fully saturated rings. The predicted molar refractivity (Wildman–Crippen MR) is 81.4 cm³/mol. The van der Waals surface area contributed by atoms with Crippen LogP contribution in [0.4, 0.5) is 0 Å². The maximum absolute atomic E-state index is 12.3. The summed E-state index contributed by atoms with van der Waals surface area (Å²) in [6.07, 6.45) is 2.11. The number of phenolic OH excluding ortho intramolecular Hbond substituents is 1. The summed E-state index contributed by atoms with van der Waals surface area (Å²) >= 11 is 0. The van der Waals surface area contributed by atoms with Crippen molar-refractivity contribution >= 4 is 11.9 Å². The summed E-state index contributed by atoms with van der Waals surface area (Å²) in [5, 5.41) is 12.1. The zero-order chi connectivity index (χ0) is 16.1. The molecule has 1 aromatic rings. The van der Waals surface area contributed by atoms with Gasteiger partial charge in [0.25, 0.3) is 0 Å². The largest absolute Gasteiger partial charge is 0.508 e. The molecular formula is C16H22N2O4. The van der Waals surface area contributed by atoms with Crippen LogP contribution in [-0.4, -0.2) is 54.7 Å². The molecule has 1 heterocycles. The summed E-state index contributed by atoms with van der Waals surface area (Å²) < 4.78 is 4.78. The number of rotatable bonds is 5. The van der Waals surface area contributed by atoms with Crippen molar-refractivity contribution in [1.82, 2.24) is 10.2 Å². The Hall–Kier alpha value is -2.08. The van der Waals surface area contributed by atoms with Gasteiger partial charge in [-0.1, -0.05) is 12.1 Å². The molecule has 0 aromatic heterocycles. The molecule has 6 nitrogen and oxygen atoms in total. The van der Waals surface area contributed by atoms with Crippen molar-refractivity contribution in [3.63, 3.8) is 0 Å². The van der Waals surface area contributed by atoms with Crippen molar-refractivity contribution < 1.29 is 19.4 Å². The molecule has 0 bridgehead atoms. The van der Waals surface area contributed by atoms with Crippen LogP contribution in [0.2, 0.25) is 0 Å². The Bertz CT molecular complexity index is 529. The summed E-state index contributed by atoms with van der Waals surface area (Å²) in [6, 6.07) is 5.63. The van der Waals surface area contributed by atoms with Gasteiger partial charge >= 0.3 is 5.97 Å². The highest BCUT2D eigenvalue weighted by Gasteiger charge is 2.31. The van der Waals surface area contributed by atoms with E-state index < -0.39 is 12.0 Å². The Labute approximate surface area is 130 Å². The van der Waals surface area contributed by atoms with Crippen molar-refractivity contribution in [1.29, 1.82) is 0 Å². The average molecular weight is 306 g/mol. The van der Waals surface area contributed by atoms with Gasteiger partial charge in [0.2, 0.25) is 5.91 Å². The minimum absolute atomic E-state index is 0.144. The Morgan fingerprint density at radius 2 is 2.09 bits per heavy atom. The molecule has 1 aliphatic rings. The van der Waals surface area contributed by atoms with E-state index in [0.717, 1.165) is 24.9 Å². The molecule has 2 rings (SSSR count). The van der Waals surface area contributed by atoms with Crippen LogP contribution >= 0.6 is 0 Å². The number of likely N-dealkylation sites (tertiary alicyclic amines) is 1. The number of hydrogen-bond donors (Lipinski definition) is 2. The average Bonchev–Trinajstić information content (AvgIpc) is 2.94. The maximum Gasteiger partial charge on any atom is 0.328 e. The number of likely N-dealkylation sites (N-methyl/N-ethyl adjacent to an activating group) is 1. The molecule has 1 aromatic carbocycles. The molecule has 6 heteroatoms. The maximum atomic E-state index is 12.3. The van der Waals surface area contributed by atoms with Gasteiger partial charge in [0, 0.05) is 6.42 Å². The fourth-order valence-electron chi connectivity index (χ4n) is 2.71. The van der Waals surface area contributed by atoms with Crippen LogP contribution in [0.25, 0.3) is 0 Å². The molecule has 1 saturated heterocycles. The monoisotopic (exact) mass is 306 g/mol. The van der Waals surface area contributed by atoms with Crippen LogP contribution in [0, 0.1) is 0 Å². The van der Waals surface area contributed by atoms with Crippen LogP contribution in [0.15, 0.2) is 24.3 Å². The zero-order valence-electron chi connectivity index (χ0n) is 12.9. The Kier molecular flexibility index (Phi) is 5.38. The lowest BCUT2D eigenvalue weighted by Gasteiger charge is -2.22. The Morgan fingerprint density at radius 3 is 2.64 bits per heavy atom. The number of phenols is 1. The topological polar surface area (TPSA) is 78.9 Å². The molecule has 22 heavy (non-hydrogen) atoms. The number of nitrogens with zero attached hydrogens (tertiary/aromatic N) is 1. The van der Waals surface area contributed by atoms with Gasteiger partial charge in [-0.05, 0) is 44.1 Å². The summed E-state index contributed by atoms with van der Waals surface area (Å²) in [5.74, 6) is -0.453. The first-order chi connectivity index (χ1) is 10.5. The third-order valence-corrected chi connectivity index (χ3v) is 4.00. The Morgan fingerprint density at radius 1 is 1.41 bits per heavy atom. The first-order valence-corrected chi connectivity index (χ1v) is 7.37. The van der Waals surface area contributed by atoms with Crippen molar-refractivity contribution in [2.45, 2.75) is 31.3 Å². The van der Waals surface area contributed by atoms with Crippen LogP contribution < -0.4 is 5.32 Å². The number of amides is 1. The first kappa shape index (κ1) is 16.3. The van der Waals surface area contributed by atoms with E-state index in [4.69, 9.17) is 4.74 Å². The lowest BCUT2D eigenvalue weighted by molar-refractivity contribution is -0.145. The van der Waals surface area contributed by atoms with E-state index in [-0.39, 0.29) is 17.7 Å². The van der Waals surface area contributed by atoms with E-state index in [0.29, 0.717) is 6.42 Å². The number of benzene rings is 1. The summed E-state index contributed by atoms with van der Waals surface area (Å²) in [7, 11) is 3.21. The lowest BCUT2D eigenvalue weighted by atomic mass is 10.0. The molecule has 0 spiro atoms. The van der Waals surface area contributed by atoms with E-state index in [2.05, 4.69) is 5.32 Å². The molecule has 0 unspecified atom stereocenters. The van der Waals surface area contributed by atoms with Crippen LogP contribution in [0.5, 0.6) is 5.75 Å². The fourth-order valence-corrected chi connectivity index (χ4v) is 2.71. The fraction of sp³-hybridized carbons (Fsp3) is 0.500. The number of carbonyl (C=O) groups excluding carboxylic acids is 2. The van der Waals surface area contributed by atoms with E-state index in [9.17, 15) is 14.7 Å². The number of methoxy groups -OCH3 is 1. The zero-order valence-corrected chi connectivity index (χ0v) is 12.9. The van der Waals surface area contributed by atoms with Gasteiger partial charge in [-0.3, -0.25) is 9.69 Å². The van der Waals surface area contributed by atoms with Crippen molar-refractivity contribution in [3.8, 4) is 5.75 Å². The highest BCUT2D eigenvalue weighted by atomic mass is 16.5. The smallest absolute Gasteiger partial charge is 0.328 e. The van der Waals surface area contributed by atoms with Crippen LogP contribution in [-0.2, 0) is 20.7 Å². The van der Waals surface area contributed by atoms with Gasteiger partial charge in [0.1, 0.15) is 11.8 Å². The van der Waals surface area contributed by atoms with Gasteiger partial charge in [-0.15, -0.1) is 0 Å². The molecule has 0 aliphatic carbocycles. The summed E-state index contributed by atoms with van der Waals surface area (Å²) in [4.78, 5) is 26.2. The van der Waals surface area contributed by atoms with Crippen LogP contribution in [0.3, 0.4) is 0 Å². The quantitative estimate of drug-likeness (QED) is 0.782. The number of ether oxygens (including phenoxy) is 1. The Balaban J connectivity index is 2.04. The van der Waals surface area contributed by atoms with E-state index in [1.807, 2.05) is 11.9 Å². The van der Waals surface area contributed by atoms with Gasteiger partial charge < -0.3 is 15.2 Å². The highest BCUT2D eigenvalue weighted by Crippen LogP contribution is 2.16. The summed E-state index contributed by atoms with van der Waals surface area (Å²) in [5.41, 5.74) is 0.841. The molecule has 0 radical (unpaired) electrons. The minimum Gasteiger partial charge on any atom is -0.508 e. The standard InChI is InChI=1S/C16H22N2O4/c1-18-9-3-4-14(18)15(20)17-13(16(21)22-2)10-11-5-7-12(19)8-6-11/h5-8,13-14,19H,3-4,9-10H2,1-2H3,(H,17,20)/t13-,14-/m0/s1. The van der Waals surface area contributed by atoms with Gasteiger partial charge in [-0.2, -0.15) is 0 Å². The lowest BCUT2D eigenvalue weighted by Crippen LogP contribution is -2.49. The van der Waals surface area contributed by atoms with Crippen molar-refractivity contribution in [2.75, 3.05) is 20.7 Å². The number of aromatic hydroxyl groups is 1. The molecule has 1 amide bonds. The van der Waals surface area contributed by atoms with Crippen LogP contribution in [0.1, 0.15) is 18.4 Å². The van der Waals surface area contributed by atoms with Crippen molar-refractivity contribution in [2.24, 2.45) is 0 Å². The number of carbonyl (C=O) groups is 2. The molecule has 0 saturated carbocycles. The highest BCUT2D eigenvalue weighted by molar-refractivity contribution is 5.87. The number of nitrogens with one attached hydrogen (secondary N) is 1. The van der Waals surface area contributed by atoms with E-state index in [1.54, 1.807) is 24.3 Å². The SMILES string of the molecule is COC(=O)[C@H](Cc1ccc(O)cc1)NC(=O)[C@@H]1CCCN1C. The van der Waals surface area contributed by atoms with Gasteiger partial charge in [0.15, 0.2) is 0 Å². The summed E-state index contributed by atoms with van der Waals surface area (Å²) in [6.45, 7) is 0.888. The van der Waals surface area contributed by atoms with E-state index >= 15 is 0 Å². The second kappa shape index (κ2) is 7.26. The second-order valence-electron chi connectivity index (χ2n) is 5.59. The van der Waals surface area contributed by atoms with E-state index in [1.165, 1.54) is 7.11 Å². The number of hydrogen-bond acceptors (Lipinski definition) is 5. The molecule has 2 atom stereocenters. The second-order valence-corrected chi connectivity index (χ2v) is 5.59. The van der Waals surface area contributed by atoms with Gasteiger partial charge in [0.05, 0.1) is 13.2 Å². The third kappa shape index (κ3) is 3.98. The predicted octanol–water partition coefficient (Wildman–Crippen LogP) is 0.687. The third-order valence-electron chi connectivity index (χ3n) is 4.00. The molecule has 120 valence electrons. The minimum atomic E-state index is -0.726. The molecule has 2 N–H and O–H groups in total. The molecule has 1 aliphatic heterocycles. The normalized spacial score (nSPS) is 19.6. The van der Waals surface area contributed by atoms with Crippen molar-refractivity contribution in [3.05, 3.63) is 29.8 Å². The molecular weight excluding hydrogens is 284 g/mol. The number of esters is 1. The van der Waals surface area contributed by atoms with Gasteiger partial charge in [-0.25, -0.2) is 4.79 Å². The first-order valence-electron chi connectivity index (χ1n) is 7.37.